The number of hydrogen-bond donors (Lipinski definition) is 3. The predicted molar refractivity (Wildman–Crippen MR) is 122 cm³/mol. The van der Waals surface area contributed by atoms with E-state index >= 15 is 0 Å². The number of carbonyl (C=O) groups excluding carboxylic acids is 1. The van der Waals surface area contributed by atoms with E-state index in [1.54, 1.807) is 0 Å². The highest BCUT2D eigenvalue weighted by atomic mass is 19.4. The standard InChI is InChI=1S/C26H39F3O5/c1-16(34-23(32)10-12-25(3,33)26(27,28)29)21-8-9-22-18(5-4-11-24(21,22)2)7-6-17-13-19(30)15-20(31)14-17/h6-7,16,19-22,30-31,33H,4-5,8-15H2,1-3H3/t16-,19+,20+,21+,22-,24+,25-/m0/s1. The van der Waals surface area contributed by atoms with Crippen LogP contribution in [-0.2, 0) is 9.53 Å². The Labute approximate surface area is 200 Å². The van der Waals surface area contributed by atoms with E-state index in [-0.39, 0.29) is 11.3 Å². The number of alkyl halides is 3. The third kappa shape index (κ3) is 6.05. The van der Waals surface area contributed by atoms with Crippen LogP contribution in [0.15, 0.2) is 23.3 Å². The quantitative estimate of drug-likeness (QED) is 0.459. The van der Waals surface area contributed by atoms with Gasteiger partial charge in [0.2, 0.25) is 0 Å². The van der Waals surface area contributed by atoms with E-state index in [0.717, 1.165) is 37.7 Å². The molecule has 3 aliphatic carbocycles. The minimum atomic E-state index is -4.79. The Hall–Kier alpha value is -1.38. The maximum atomic E-state index is 12.8. The largest absolute Gasteiger partial charge is 0.462 e. The lowest BCUT2D eigenvalue weighted by molar-refractivity contribution is -0.255. The fourth-order valence-electron chi connectivity index (χ4n) is 6.42. The molecule has 0 radical (unpaired) electrons. The average molecular weight is 489 g/mol. The molecule has 0 spiro atoms. The van der Waals surface area contributed by atoms with Crippen molar-refractivity contribution in [1.82, 2.24) is 0 Å². The number of halogens is 3. The number of hydrogen-bond acceptors (Lipinski definition) is 5. The van der Waals surface area contributed by atoms with Crippen LogP contribution in [-0.4, -0.2) is 51.4 Å². The molecule has 0 aromatic heterocycles. The van der Waals surface area contributed by atoms with Crippen molar-refractivity contribution in [1.29, 1.82) is 0 Å². The van der Waals surface area contributed by atoms with Crippen molar-refractivity contribution in [2.24, 2.45) is 17.3 Å². The fourth-order valence-corrected chi connectivity index (χ4v) is 6.42. The number of rotatable bonds is 6. The molecule has 7 atom stereocenters. The van der Waals surface area contributed by atoms with E-state index < -0.39 is 48.9 Å². The number of carbonyl (C=O) groups is 1. The zero-order chi connectivity index (χ0) is 25.3. The molecule has 3 aliphatic rings. The second kappa shape index (κ2) is 10.3. The monoisotopic (exact) mass is 488 g/mol. The second-order valence-electron chi connectivity index (χ2n) is 11.1. The van der Waals surface area contributed by atoms with Crippen LogP contribution in [0.4, 0.5) is 13.2 Å². The van der Waals surface area contributed by atoms with Gasteiger partial charge in [-0.1, -0.05) is 30.2 Å². The van der Waals surface area contributed by atoms with Gasteiger partial charge in [0.1, 0.15) is 6.10 Å². The van der Waals surface area contributed by atoms with Gasteiger partial charge in [-0.2, -0.15) is 13.2 Å². The second-order valence-corrected chi connectivity index (χ2v) is 11.1. The summed E-state index contributed by atoms with van der Waals surface area (Å²) in [5.74, 6) is -0.261. The number of allylic oxidation sites excluding steroid dienone is 3. The Balaban J connectivity index is 1.63. The highest BCUT2D eigenvalue weighted by molar-refractivity contribution is 5.69. The first-order valence-corrected chi connectivity index (χ1v) is 12.5. The zero-order valence-corrected chi connectivity index (χ0v) is 20.4. The highest BCUT2D eigenvalue weighted by Gasteiger charge is 2.52. The van der Waals surface area contributed by atoms with Crippen LogP contribution in [0, 0.1) is 17.3 Å². The molecule has 194 valence electrons. The first-order valence-electron chi connectivity index (χ1n) is 12.5. The normalized spacial score (nSPS) is 36.0. The van der Waals surface area contributed by atoms with Gasteiger partial charge < -0.3 is 20.1 Å². The average Bonchev–Trinajstić information content (AvgIpc) is 3.07. The van der Waals surface area contributed by atoms with Crippen LogP contribution in [0.5, 0.6) is 0 Å². The van der Waals surface area contributed by atoms with Gasteiger partial charge in [-0.3, -0.25) is 4.79 Å². The Morgan fingerprint density at radius 2 is 1.85 bits per heavy atom. The number of fused-ring (bicyclic) bond motifs is 1. The summed E-state index contributed by atoms with van der Waals surface area (Å²) in [5.41, 5.74) is -0.580. The van der Waals surface area contributed by atoms with Gasteiger partial charge in [-0.05, 0) is 83.0 Å². The molecule has 0 saturated heterocycles. The van der Waals surface area contributed by atoms with E-state index in [9.17, 15) is 33.3 Å². The first kappa shape index (κ1) is 27.2. The molecule has 3 saturated carbocycles. The van der Waals surface area contributed by atoms with Gasteiger partial charge in [0.05, 0.1) is 12.2 Å². The number of esters is 1. The minimum Gasteiger partial charge on any atom is -0.462 e. The molecule has 0 bridgehead atoms. The predicted octanol–water partition coefficient (Wildman–Crippen LogP) is 4.99. The molecule has 8 heteroatoms. The van der Waals surface area contributed by atoms with Crippen molar-refractivity contribution in [3.8, 4) is 0 Å². The van der Waals surface area contributed by atoms with E-state index in [4.69, 9.17) is 4.74 Å². The Morgan fingerprint density at radius 1 is 1.21 bits per heavy atom. The Bertz CT molecular complexity index is 791. The summed E-state index contributed by atoms with van der Waals surface area (Å²) in [7, 11) is 0. The molecule has 0 heterocycles. The summed E-state index contributed by atoms with van der Waals surface area (Å²) in [4.78, 5) is 12.3. The van der Waals surface area contributed by atoms with Gasteiger partial charge in [0, 0.05) is 12.3 Å². The van der Waals surface area contributed by atoms with Crippen LogP contribution in [0.3, 0.4) is 0 Å². The summed E-state index contributed by atoms with van der Waals surface area (Å²) >= 11 is 0. The Kier molecular flexibility index (Phi) is 8.25. The molecule has 0 aliphatic heterocycles. The maximum absolute atomic E-state index is 12.8. The molecule has 3 fully saturated rings. The van der Waals surface area contributed by atoms with Crippen molar-refractivity contribution in [3.05, 3.63) is 23.3 Å². The minimum absolute atomic E-state index is 0.0641. The van der Waals surface area contributed by atoms with E-state index in [2.05, 4.69) is 19.1 Å². The van der Waals surface area contributed by atoms with Crippen LogP contribution >= 0.6 is 0 Å². The van der Waals surface area contributed by atoms with E-state index in [1.807, 2.05) is 6.92 Å². The molecule has 5 nitrogen and oxygen atoms in total. The lowest BCUT2D eigenvalue weighted by Crippen LogP contribution is -2.43. The molecule has 3 N–H and O–H groups in total. The topological polar surface area (TPSA) is 87.0 Å². The first-order chi connectivity index (χ1) is 15.7. The summed E-state index contributed by atoms with van der Waals surface area (Å²) in [6.07, 6.45) is 3.20. The Morgan fingerprint density at radius 3 is 2.47 bits per heavy atom. The molecule has 34 heavy (non-hydrogen) atoms. The van der Waals surface area contributed by atoms with Crippen LogP contribution in [0.2, 0.25) is 0 Å². The fraction of sp³-hybridized carbons (Fsp3) is 0.808. The molecule has 3 rings (SSSR count). The lowest BCUT2D eigenvalue weighted by atomic mass is 9.62. The molecule has 0 aromatic carbocycles. The summed E-state index contributed by atoms with van der Waals surface area (Å²) < 4.78 is 44.1. The van der Waals surface area contributed by atoms with Crippen molar-refractivity contribution in [3.63, 3.8) is 0 Å². The van der Waals surface area contributed by atoms with Gasteiger partial charge in [0.25, 0.3) is 0 Å². The van der Waals surface area contributed by atoms with Crippen molar-refractivity contribution in [2.45, 2.75) is 115 Å². The number of ether oxygens (including phenoxy) is 1. The van der Waals surface area contributed by atoms with E-state index in [1.165, 1.54) is 5.57 Å². The van der Waals surface area contributed by atoms with Crippen LogP contribution in [0.25, 0.3) is 0 Å². The SMILES string of the molecule is C[C@H](OC(=O)CC[C@](C)(O)C(F)(F)F)[C@H]1CC[C@H]2C(=CC=C3C[C@@H](O)C[C@H](O)C3)CCC[C@]12C. The highest BCUT2D eigenvalue weighted by Crippen LogP contribution is 2.58. The van der Waals surface area contributed by atoms with Gasteiger partial charge >= 0.3 is 12.1 Å². The zero-order valence-electron chi connectivity index (χ0n) is 20.4. The smallest absolute Gasteiger partial charge is 0.416 e. The third-order valence-corrected chi connectivity index (χ3v) is 8.42. The summed E-state index contributed by atoms with van der Waals surface area (Å²) in [6.45, 7) is 4.72. The molecule has 0 unspecified atom stereocenters. The van der Waals surface area contributed by atoms with E-state index in [0.29, 0.717) is 32.1 Å². The van der Waals surface area contributed by atoms with Crippen molar-refractivity contribution in [2.75, 3.05) is 0 Å². The van der Waals surface area contributed by atoms with Crippen molar-refractivity contribution < 1.29 is 38.0 Å². The number of aliphatic hydroxyl groups is 3. The third-order valence-electron chi connectivity index (χ3n) is 8.42. The molecule has 0 amide bonds. The molecular weight excluding hydrogens is 449 g/mol. The maximum Gasteiger partial charge on any atom is 0.416 e. The van der Waals surface area contributed by atoms with Crippen LogP contribution in [0.1, 0.15) is 85.0 Å². The van der Waals surface area contributed by atoms with Gasteiger partial charge in [0.15, 0.2) is 5.60 Å². The number of aliphatic hydroxyl groups excluding tert-OH is 2. The van der Waals surface area contributed by atoms with Crippen molar-refractivity contribution >= 4 is 5.97 Å². The lowest BCUT2D eigenvalue weighted by Gasteiger charge is -2.44. The summed E-state index contributed by atoms with van der Waals surface area (Å²) in [6, 6.07) is 0. The van der Waals surface area contributed by atoms with Gasteiger partial charge in [-0.15, -0.1) is 0 Å². The molecule has 0 aromatic rings. The summed E-state index contributed by atoms with van der Waals surface area (Å²) in [5, 5.41) is 29.4. The van der Waals surface area contributed by atoms with Gasteiger partial charge in [-0.25, -0.2) is 0 Å². The van der Waals surface area contributed by atoms with Crippen LogP contribution < -0.4 is 0 Å². The molecular formula is C26H39F3O5.